The molecule has 3 amide bonds. The van der Waals surface area contributed by atoms with Crippen LogP contribution in [-0.2, 0) is 25.2 Å². The van der Waals surface area contributed by atoms with Crippen molar-refractivity contribution in [2.45, 2.75) is 44.4 Å². The van der Waals surface area contributed by atoms with E-state index < -0.39 is 0 Å². The lowest BCUT2D eigenvalue weighted by molar-refractivity contribution is -0.0217. The number of carbonyl (C=O) groups excluding carboxylic acids is 3. The van der Waals surface area contributed by atoms with Crippen molar-refractivity contribution in [2.75, 3.05) is 32.7 Å². The zero-order valence-electron chi connectivity index (χ0n) is 25.9. The first-order valence-corrected chi connectivity index (χ1v) is 15.5. The molecule has 0 unspecified atom stereocenters. The van der Waals surface area contributed by atoms with Crippen LogP contribution in [0.2, 0.25) is 0 Å². The fourth-order valence-corrected chi connectivity index (χ4v) is 6.51. The fourth-order valence-electron chi connectivity index (χ4n) is 6.51. The standard InChI is InChI=1S/C35H36N6O5/c1-39(2)34(44)25-8-4-24(5-9-25)21-40-16-17-41-30(35(40)14-3-15-35)20-36-31(41)33(43)37-19-23-6-11-27(12-7-23)38-32(42)26-10-13-28-29(18-26)46-22-45-28/h4-13,18,20H,3,14-17,19,21-22H2,1-2H3,(H,37,43)(H,38,42). The van der Waals surface area contributed by atoms with E-state index >= 15 is 0 Å². The predicted molar refractivity (Wildman–Crippen MR) is 171 cm³/mol. The predicted octanol–water partition coefficient (Wildman–Crippen LogP) is 4.39. The Bertz CT molecular complexity index is 1790. The number of imidazole rings is 1. The van der Waals surface area contributed by atoms with Crippen LogP contribution >= 0.6 is 0 Å². The minimum Gasteiger partial charge on any atom is -0.454 e. The van der Waals surface area contributed by atoms with Crippen LogP contribution in [0.25, 0.3) is 0 Å². The van der Waals surface area contributed by atoms with Gasteiger partial charge in [-0.25, -0.2) is 4.98 Å². The Balaban J connectivity index is 0.970. The van der Waals surface area contributed by atoms with Gasteiger partial charge in [-0.15, -0.1) is 0 Å². The first kappa shape index (κ1) is 29.5. The van der Waals surface area contributed by atoms with Gasteiger partial charge in [-0.05, 0) is 72.9 Å². The smallest absolute Gasteiger partial charge is 0.287 e. The molecule has 236 valence electrons. The lowest BCUT2D eigenvalue weighted by atomic mass is 9.72. The molecule has 0 atom stereocenters. The number of carbonyl (C=O) groups is 3. The number of nitrogens with one attached hydrogen (secondary N) is 2. The number of hydrogen-bond acceptors (Lipinski definition) is 7. The number of hydrogen-bond donors (Lipinski definition) is 2. The molecular formula is C35H36N6O5. The maximum absolute atomic E-state index is 13.3. The molecule has 0 saturated heterocycles. The highest BCUT2D eigenvalue weighted by atomic mass is 16.7. The van der Waals surface area contributed by atoms with Crippen molar-refractivity contribution >= 4 is 23.4 Å². The third-order valence-corrected chi connectivity index (χ3v) is 9.20. The van der Waals surface area contributed by atoms with Gasteiger partial charge in [-0.2, -0.15) is 0 Å². The molecule has 7 rings (SSSR count). The van der Waals surface area contributed by atoms with E-state index in [1.165, 1.54) is 0 Å². The molecule has 1 aliphatic carbocycles. The molecule has 2 aliphatic heterocycles. The van der Waals surface area contributed by atoms with Gasteiger partial charge in [-0.3, -0.25) is 19.3 Å². The average molecular weight is 621 g/mol. The van der Waals surface area contributed by atoms with Crippen molar-refractivity contribution in [3.05, 3.63) is 107 Å². The summed E-state index contributed by atoms with van der Waals surface area (Å²) >= 11 is 0. The van der Waals surface area contributed by atoms with E-state index in [1.54, 1.807) is 37.2 Å². The first-order valence-electron chi connectivity index (χ1n) is 15.5. The summed E-state index contributed by atoms with van der Waals surface area (Å²) < 4.78 is 12.8. The van der Waals surface area contributed by atoms with Crippen molar-refractivity contribution in [3.63, 3.8) is 0 Å². The Kier molecular flexibility index (Phi) is 7.69. The summed E-state index contributed by atoms with van der Waals surface area (Å²) in [5.74, 6) is 1.14. The summed E-state index contributed by atoms with van der Waals surface area (Å²) in [5, 5.41) is 5.91. The molecule has 1 aromatic heterocycles. The van der Waals surface area contributed by atoms with Crippen molar-refractivity contribution < 1.29 is 23.9 Å². The summed E-state index contributed by atoms with van der Waals surface area (Å²) in [5.41, 5.74) is 4.82. The molecular weight excluding hydrogens is 584 g/mol. The summed E-state index contributed by atoms with van der Waals surface area (Å²) in [7, 11) is 3.51. The van der Waals surface area contributed by atoms with Gasteiger partial charge in [-0.1, -0.05) is 24.3 Å². The fraction of sp³-hybridized carbons (Fsp3) is 0.314. The second kappa shape index (κ2) is 12.0. The Morgan fingerprint density at radius 2 is 1.59 bits per heavy atom. The Hall–Kier alpha value is -5.16. The molecule has 3 aromatic carbocycles. The Morgan fingerprint density at radius 3 is 2.30 bits per heavy atom. The quantitative estimate of drug-likeness (QED) is 0.300. The summed E-state index contributed by atoms with van der Waals surface area (Å²) in [6.45, 7) is 2.74. The van der Waals surface area contributed by atoms with Crippen molar-refractivity contribution in [3.8, 4) is 11.5 Å². The molecule has 11 nitrogen and oxygen atoms in total. The van der Waals surface area contributed by atoms with Gasteiger partial charge in [0.25, 0.3) is 17.7 Å². The van der Waals surface area contributed by atoms with E-state index in [-0.39, 0.29) is 30.1 Å². The highest BCUT2D eigenvalue weighted by molar-refractivity contribution is 6.04. The third kappa shape index (κ3) is 5.47. The highest BCUT2D eigenvalue weighted by Gasteiger charge is 2.49. The maximum Gasteiger partial charge on any atom is 0.287 e. The number of amides is 3. The van der Waals surface area contributed by atoms with Crippen LogP contribution in [0, 0.1) is 0 Å². The van der Waals surface area contributed by atoms with Gasteiger partial charge in [0.05, 0.1) is 17.4 Å². The van der Waals surface area contributed by atoms with Crippen LogP contribution in [0.3, 0.4) is 0 Å². The highest BCUT2D eigenvalue weighted by Crippen LogP contribution is 2.49. The number of aromatic nitrogens is 2. The molecule has 3 heterocycles. The molecule has 0 radical (unpaired) electrons. The second-order valence-corrected chi connectivity index (χ2v) is 12.2. The summed E-state index contributed by atoms with van der Waals surface area (Å²) in [6, 6.07) is 20.3. The number of fused-ring (bicyclic) bond motifs is 3. The van der Waals surface area contributed by atoms with Crippen molar-refractivity contribution in [2.24, 2.45) is 0 Å². The van der Waals surface area contributed by atoms with Gasteiger partial charge in [0.15, 0.2) is 17.3 Å². The number of ether oxygens (including phenoxy) is 2. The third-order valence-electron chi connectivity index (χ3n) is 9.20. The normalized spacial score (nSPS) is 16.0. The number of rotatable bonds is 8. The van der Waals surface area contributed by atoms with Crippen LogP contribution in [0.4, 0.5) is 5.69 Å². The molecule has 0 bridgehead atoms. The Labute approximate surface area is 267 Å². The van der Waals surface area contributed by atoms with E-state index in [0.29, 0.717) is 47.2 Å². The minimum absolute atomic E-state index is 0.00553. The van der Waals surface area contributed by atoms with E-state index in [4.69, 9.17) is 9.47 Å². The molecule has 1 saturated carbocycles. The van der Waals surface area contributed by atoms with Gasteiger partial charge in [0.1, 0.15) is 0 Å². The van der Waals surface area contributed by atoms with Gasteiger partial charge >= 0.3 is 0 Å². The lowest BCUT2D eigenvalue weighted by Crippen LogP contribution is -2.56. The van der Waals surface area contributed by atoms with Gasteiger partial charge in [0.2, 0.25) is 6.79 Å². The molecule has 1 fully saturated rings. The SMILES string of the molecule is CN(C)C(=O)c1ccc(CN2CCn3c(cnc3C(=O)NCc3ccc(NC(=O)c4ccc5c(c4)OCO5)cc3)C23CCC3)cc1. The molecule has 11 heteroatoms. The summed E-state index contributed by atoms with van der Waals surface area (Å²) in [4.78, 5) is 47.0. The number of nitrogens with zero attached hydrogens (tertiary/aromatic N) is 4. The van der Waals surface area contributed by atoms with Crippen LogP contribution in [0.1, 0.15) is 67.4 Å². The Morgan fingerprint density at radius 1 is 0.870 bits per heavy atom. The second-order valence-electron chi connectivity index (χ2n) is 12.2. The van der Waals surface area contributed by atoms with Crippen LogP contribution in [0.5, 0.6) is 11.5 Å². The van der Waals surface area contributed by atoms with E-state index in [0.717, 1.165) is 49.2 Å². The van der Waals surface area contributed by atoms with E-state index in [2.05, 4.69) is 25.1 Å². The van der Waals surface area contributed by atoms with Crippen LogP contribution < -0.4 is 20.1 Å². The zero-order valence-corrected chi connectivity index (χ0v) is 25.9. The van der Waals surface area contributed by atoms with E-state index in [1.807, 2.05) is 54.7 Å². The lowest BCUT2D eigenvalue weighted by Gasteiger charge is -2.53. The molecule has 4 aromatic rings. The van der Waals surface area contributed by atoms with Crippen molar-refractivity contribution in [1.29, 1.82) is 0 Å². The summed E-state index contributed by atoms with van der Waals surface area (Å²) in [6.07, 6.45) is 5.05. The largest absolute Gasteiger partial charge is 0.454 e. The number of anilines is 1. The van der Waals surface area contributed by atoms with E-state index in [9.17, 15) is 14.4 Å². The number of benzene rings is 3. The zero-order chi connectivity index (χ0) is 31.8. The molecule has 3 aliphatic rings. The molecule has 1 spiro atoms. The molecule has 2 N–H and O–H groups in total. The molecule has 46 heavy (non-hydrogen) atoms. The minimum atomic E-state index is -0.249. The van der Waals surface area contributed by atoms with Crippen molar-refractivity contribution in [1.82, 2.24) is 24.7 Å². The first-order chi connectivity index (χ1) is 22.3. The average Bonchev–Trinajstić information content (AvgIpc) is 3.70. The van der Waals surface area contributed by atoms with Gasteiger partial charge in [0, 0.05) is 57.1 Å². The topological polar surface area (TPSA) is 118 Å². The van der Waals surface area contributed by atoms with Gasteiger partial charge < -0.3 is 29.6 Å². The van der Waals surface area contributed by atoms with Crippen LogP contribution in [-0.4, -0.2) is 64.5 Å². The van der Waals surface area contributed by atoms with Crippen LogP contribution in [0.15, 0.2) is 72.9 Å². The monoisotopic (exact) mass is 620 g/mol. The maximum atomic E-state index is 13.3.